The Kier molecular flexibility index (Phi) is 7.06. The number of aliphatic hydroxyl groups excluding tert-OH is 1. The van der Waals surface area contributed by atoms with Crippen molar-refractivity contribution in [3.63, 3.8) is 0 Å². The van der Waals surface area contributed by atoms with E-state index in [1.54, 1.807) is 0 Å². The molecule has 3 heteroatoms. The number of nitrogens with zero attached hydrogens (tertiary/aromatic N) is 1. The molecule has 2 unspecified atom stereocenters. The average molecular weight is 252 g/mol. The number of aliphatic hydroxyl groups is 1. The molecule has 0 radical (unpaired) electrons. The van der Waals surface area contributed by atoms with E-state index < -0.39 is 0 Å². The van der Waals surface area contributed by atoms with Crippen molar-refractivity contribution in [3.05, 3.63) is 24.0 Å². The zero-order valence-electron chi connectivity index (χ0n) is 12.0. The first-order chi connectivity index (χ1) is 8.71. The lowest BCUT2D eigenvalue weighted by atomic mass is 10.1. The zero-order chi connectivity index (χ0) is 13.4. The van der Waals surface area contributed by atoms with Crippen LogP contribution >= 0.6 is 0 Å². The Balaban J connectivity index is 2.61. The Morgan fingerprint density at radius 3 is 2.72 bits per heavy atom. The number of nitrogens with one attached hydrogen (secondary N) is 1. The molecule has 0 saturated carbocycles. The standard InChI is InChI=1S/C15H28N2O/c1-4-6-15(16-8-5-2)14-7-9-17(11-14)10-13(3)12-18/h7,9,11,13,15-16,18H,4-6,8,10,12H2,1-3H3. The van der Waals surface area contributed by atoms with Crippen LogP contribution < -0.4 is 5.32 Å². The Hall–Kier alpha value is -0.800. The van der Waals surface area contributed by atoms with Crippen molar-refractivity contribution < 1.29 is 5.11 Å². The summed E-state index contributed by atoms with van der Waals surface area (Å²) in [5.74, 6) is 0.318. The maximum absolute atomic E-state index is 9.09. The summed E-state index contributed by atoms with van der Waals surface area (Å²) in [6.07, 6.45) is 7.88. The minimum Gasteiger partial charge on any atom is -0.396 e. The highest BCUT2D eigenvalue weighted by atomic mass is 16.3. The highest BCUT2D eigenvalue weighted by Crippen LogP contribution is 2.19. The minimum atomic E-state index is 0.250. The van der Waals surface area contributed by atoms with Gasteiger partial charge in [-0.3, -0.25) is 0 Å². The van der Waals surface area contributed by atoms with Gasteiger partial charge in [-0.25, -0.2) is 0 Å². The molecule has 0 saturated heterocycles. The molecule has 18 heavy (non-hydrogen) atoms. The lowest BCUT2D eigenvalue weighted by Gasteiger charge is -2.16. The molecule has 0 aromatic carbocycles. The second-order valence-corrected chi connectivity index (χ2v) is 5.22. The van der Waals surface area contributed by atoms with Gasteiger partial charge in [-0.15, -0.1) is 0 Å². The van der Waals surface area contributed by atoms with Gasteiger partial charge in [0.05, 0.1) is 0 Å². The van der Waals surface area contributed by atoms with E-state index in [1.165, 1.54) is 24.8 Å². The van der Waals surface area contributed by atoms with Gasteiger partial charge in [0, 0.05) is 31.6 Å². The van der Waals surface area contributed by atoms with Crippen LogP contribution in [0, 0.1) is 5.92 Å². The summed E-state index contributed by atoms with van der Waals surface area (Å²) in [6.45, 7) is 8.71. The maximum atomic E-state index is 9.09. The number of hydrogen-bond donors (Lipinski definition) is 2. The Morgan fingerprint density at radius 1 is 1.33 bits per heavy atom. The van der Waals surface area contributed by atoms with E-state index in [-0.39, 0.29) is 6.61 Å². The molecular formula is C15H28N2O. The smallest absolute Gasteiger partial charge is 0.0473 e. The van der Waals surface area contributed by atoms with Crippen LogP contribution in [0.3, 0.4) is 0 Å². The Labute approximate surface area is 111 Å². The molecule has 0 fully saturated rings. The fraction of sp³-hybridized carbons (Fsp3) is 0.733. The number of aromatic nitrogens is 1. The zero-order valence-corrected chi connectivity index (χ0v) is 12.0. The molecular weight excluding hydrogens is 224 g/mol. The molecule has 104 valence electrons. The van der Waals surface area contributed by atoms with Crippen LogP contribution in [0.1, 0.15) is 51.6 Å². The van der Waals surface area contributed by atoms with Crippen molar-refractivity contribution in [2.24, 2.45) is 5.92 Å². The summed E-state index contributed by atoms with van der Waals surface area (Å²) >= 11 is 0. The van der Waals surface area contributed by atoms with Gasteiger partial charge in [0.25, 0.3) is 0 Å². The van der Waals surface area contributed by atoms with Gasteiger partial charge in [0.1, 0.15) is 0 Å². The van der Waals surface area contributed by atoms with Crippen LogP contribution in [-0.4, -0.2) is 22.8 Å². The van der Waals surface area contributed by atoms with Crippen LogP contribution in [-0.2, 0) is 6.54 Å². The summed E-state index contributed by atoms with van der Waals surface area (Å²) in [5, 5.41) is 12.7. The van der Waals surface area contributed by atoms with Gasteiger partial charge < -0.3 is 15.0 Å². The molecule has 0 amide bonds. The highest BCUT2D eigenvalue weighted by Gasteiger charge is 2.11. The molecule has 3 nitrogen and oxygen atoms in total. The van der Waals surface area contributed by atoms with Gasteiger partial charge >= 0.3 is 0 Å². The minimum absolute atomic E-state index is 0.250. The molecule has 1 heterocycles. The van der Waals surface area contributed by atoms with Gasteiger partial charge in [0.15, 0.2) is 0 Å². The predicted octanol–water partition coefficient (Wildman–Crippen LogP) is 2.96. The third kappa shape index (κ3) is 4.83. The van der Waals surface area contributed by atoms with Gasteiger partial charge in [0.2, 0.25) is 0 Å². The highest BCUT2D eigenvalue weighted by molar-refractivity contribution is 5.15. The molecule has 0 aliphatic heterocycles. The summed E-state index contributed by atoms with van der Waals surface area (Å²) < 4.78 is 2.19. The molecule has 2 atom stereocenters. The van der Waals surface area contributed by atoms with E-state index in [0.29, 0.717) is 12.0 Å². The molecule has 1 aromatic heterocycles. The number of rotatable bonds is 9. The fourth-order valence-corrected chi connectivity index (χ4v) is 2.19. The third-order valence-corrected chi connectivity index (χ3v) is 3.23. The quantitative estimate of drug-likeness (QED) is 0.709. The van der Waals surface area contributed by atoms with E-state index >= 15 is 0 Å². The van der Waals surface area contributed by atoms with Gasteiger partial charge in [-0.1, -0.05) is 27.2 Å². The summed E-state index contributed by atoms with van der Waals surface area (Å²) in [6, 6.07) is 2.67. The molecule has 0 spiro atoms. The third-order valence-electron chi connectivity index (χ3n) is 3.23. The molecule has 0 aliphatic carbocycles. The predicted molar refractivity (Wildman–Crippen MR) is 76.6 cm³/mol. The largest absolute Gasteiger partial charge is 0.396 e. The molecule has 0 aliphatic rings. The topological polar surface area (TPSA) is 37.2 Å². The van der Waals surface area contributed by atoms with E-state index in [1.807, 2.05) is 0 Å². The van der Waals surface area contributed by atoms with E-state index in [0.717, 1.165) is 13.1 Å². The first kappa shape index (κ1) is 15.3. The fourth-order valence-electron chi connectivity index (χ4n) is 2.19. The van der Waals surface area contributed by atoms with Crippen LogP contribution in [0.25, 0.3) is 0 Å². The Bertz CT molecular complexity index is 322. The van der Waals surface area contributed by atoms with E-state index in [9.17, 15) is 0 Å². The second-order valence-electron chi connectivity index (χ2n) is 5.22. The van der Waals surface area contributed by atoms with Crippen molar-refractivity contribution in [3.8, 4) is 0 Å². The SMILES string of the molecule is CCCNC(CCC)c1ccn(CC(C)CO)c1. The second kappa shape index (κ2) is 8.33. The normalized spacial score (nSPS) is 14.7. The average Bonchev–Trinajstić information content (AvgIpc) is 2.82. The van der Waals surface area contributed by atoms with Crippen LogP contribution in [0.15, 0.2) is 18.5 Å². The van der Waals surface area contributed by atoms with Crippen molar-refractivity contribution in [2.75, 3.05) is 13.2 Å². The Morgan fingerprint density at radius 2 is 2.11 bits per heavy atom. The van der Waals surface area contributed by atoms with Crippen molar-refractivity contribution in [2.45, 2.75) is 52.6 Å². The van der Waals surface area contributed by atoms with Crippen LogP contribution in [0.4, 0.5) is 0 Å². The van der Waals surface area contributed by atoms with E-state index in [4.69, 9.17) is 5.11 Å². The first-order valence-electron chi connectivity index (χ1n) is 7.21. The first-order valence-corrected chi connectivity index (χ1v) is 7.21. The summed E-state index contributed by atoms with van der Waals surface area (Å²) in [5.41, 5.74) is 1.37. The van der Waals surface area contributed by atoms with Crippen LogP contribution in [0.2, 0.25) is 0 Å². The van der Waals surface area contributed by atoms with Crippen LogP contribution in [0.5, 0.6) is 0 Å². The van der Waals surface area contributed by atoms with Gasteiger partial charge in [-0.05, 0) is 36.9 Å². The lowest BCUT2D eigenvalue weighted by Crippen LogP contribution is -2.21. The monoisotopic (exact) mass is 252 g/mol. The van der Waals surface area contributed by atoms with Crippen molar-refractivity contribution >= 4 is 0 Å². The van der Waals surface area contributed by atoms with Crippen molar-refractivity contribution in [1.29, 1.82) is 0 Å². The molecule has 1 rings (SSSR count). The van der Waals surface area contributed by atoms with Gasteiger partial charge in [-0.2, -0.15) is 0 Å². The maximum Gasteiger partial charge on any atom is 0.0473 e. The molecule has 0 bridgehead atoms. The number of hydrogen-bond acceptors (Lipinski definition) is 2. The summed E-state index contributed by atoms with van der Waals surface area (Å²) in [7, 11) is 0. The molecule has 1 aromatic rings. The lowest BCUT2D eigenvalue weighted by molar-refractivity contribution is 0.223. The van der Waals surface area contributed by atoms with Crippen molar-refractivity contribution in [1.82, 2.24) is 9.88 Å². The van der Waals surface area contributed by atoms with E-state index in [2.05, 4.69) is 49.1 Å². The molecule has 2 N–H and O–H groups in total. The summed E-state index contributed by atoms with van der Waals surface area (Å²) in [4.78, 5) is 0.